The van der Waals surface area contributed by atoms with Gasteiger partial charge in [-0.15, -0.1) is 0 Å². The second-order valence-corrected chi connectivity index (χ2v) is 10.5. The van der Waals surface area contributed by atoms with Gasteiger partial charge in [-0.3, -0.25) is 9.48 Å². The van der Waals surface area contributed by atoms with Gasteiger partial charge in [-0.2, -0.15) is 5.10 Å². The molecule has 3 nitrogen and oxygen atoms in total. The molecule has 1 aromatic heterocycles. The monoisotopic (exact) mass is 366 g/mol. The van der Waals surface area contributed by atoms with Crippen LogP contribution in [0.1, 0.15) is 77.2 Å². The second-order valence-electron chi connectivity index (χ2n) is 10.5. The van der Waals surface area contributed by atoms with Crippen LogP contribution in [0.4, 0.5) is 0 Å². The number of ketones is 1. The molecule has 4 fully saturated rings. The average Bonchev–Trinajstić information content (AvgIpc) is 3.16. The summed E-state index contributed by atoms with van der Waals surface area (Å²) in [7, 11) is 1.94. The molecule has 146 valence electrons. The van der Waals surface area contributed by atoms with Crippen molar-refractivity contribution in [2.24, 2.45) is 41.5 Å². The van der Waals surface area contributed by atoms with Gasteiger partial charge in [0.05, 0.1) is 6.20 Å². The van der Waals surface area contributed by atoms with Crippen LogP contribution in [-0.2, 0) is 11.8 Å². The molecule has 0 amide bonds. The van der Waals surface area contributed by atoms with E-state index in [4.69, 9.17) is 0 Å². The van der Waals surface area contributed by atoms with E-state index < -0.39 is 0 Å². The maximum atomic E-state index is 13.4. The van der Waals surface area contributed by atoms with Crippen LogP contribution < -0.4 is 0 Å². The highest BCUT2D eigenvalue weighted by atomic mass is 16.1. The fourth-order valence-corrected chi connectivity index (χ4v) is 7.81. The lowest BCUT2D eigenvalue weighted by Gasteiger charge is -2.59. The van der Waals surface area contributed by atoms with Crippen molar-refractivity contribution in [3.63, 3.8) is 0 Å². The number of aryl methyl sites for hydroxylation is 1. The number of hydrogen-bond donors (Lipinski definition) is 0. The highest BCUT2D eigenvalue weighted by Gasteiger charge is 2.60. The van der Waals surface area contributed by atoms with Gasteiger partial charge < -0.3 is 0 Å². The standard InChI is InChI=1S/C24H34N2O/c1-23-10-5-4-6-18(23)7-8-19-20(23)9-11-24(2)21(19)13-17(22(24)27)12-16-14-25-26(3)15-16/h12,14-15,18-21H,4-11,13H2,1-3H3/b17-12-/t18-,19+,20-,21-,23+,24+/m1/s1. The lowest BCUT2D eigenvalue weighted by molar-refractivity contribution is -0.137. The van der Waals surface area contributed by atoms with Gasteiger partial charge in [-0.1, -0.05) is 26.7 Å². The Morgan fingerprint density at radius 2 is 1.96 bits per heavy atom. The number of Topliss-reactive ketones (excluding diaryl/α,β-unsaturated/α-hetero) is 1. The van der Waals surface area contributed by atoms with Crippen LogP contribution in [0.5, 0.6) is 0 Å². The van der Waals surface area contributed by atoms with Gasteiger partial charge in [-0.25, -0.2) is 0 Å². The number of fused-ring (bicyclic) bond motifs is 5. The SMILES string of the molecule is Cn1cc(/C=C2/C[C@@H]3[C@H]4CC[C@H]5CCCC[C@]5(C)[C@@H]4CC[C@]3(C)C2=O)cn1. The summed E-state index contributed by atoms with van der Waals surface area (Å²) in [4.78, 5) is 13.4. The molecule has 4 aliphatic carbocycles. The summed E-state index contributed by atoms with van der Waals surface area (Å²) in [5.41, 5.74) is 2.56. The van der Waals surface area contributed by atoms with Crippen LogP contribution in [0.3, 0.4) is 0 Å². The number of aromatic nitrogens is 2. The zero-order valence-corrected chi connectivity index (χ0v) is 17.2. The van der Waals surface area contributed by atoms with E-state index in [2.05, 4.69) is 25.0 Å². The first kappa shape index (κ1) is 17.7. The maximum absolute atomic E-state index is 13.4. The molecule has 5 rings (SSSR count). The summed E-state index contributed by atoms with van der Waals surface area (Å²) in [5, 5.41) is 4.27. The lowest BCUT2D eigenvalue weighted by atomic mass is 9.45. The molecule has 0 radical (unpaired) electrons. The van der Waals surface area contributed by atoms with Crippen molar-refractivity contribution < 1.29 is 4.79 Å². The fraction of sp³-hybridized carbons (Fsp3) is 0.750. The molecule has 1 heterocycles. The van der Waals surface area contributed by atoms with Gasteiger partial charge in [0.15, 0.2) is 5.78 Å². The van der Waals surface area contributed by atoms with Crippen LogP contribution in [0, 0.1) is 34.5 Å². The zero-order valence-electron chi connectivity index (χ0n) is 17.2. The molecular formula is C24H34N2O. The van der Waals surface area contributed by atoms with Crippen LogP contribution in [0.25, 0.3) is 6.08 Å². The Balaban J connectivity index is 1.46. The molecule has 6 atom stereocenters. The van der Waals surface area contributed by atoms with Crippen LogP contribution in [-0.4, -0.2) is 15.6 Å². The average molecular weight is 367 g/mol. The third-order valence-electron chi connectivity index (χ3n) is 9.29. The number of carbonyl (C=O) groups is 1. The molecule has 4 aliphatic rings. The van der Waals surface area contributed by atoms with Gasteiger partial charge in [0.1, 0.15) is 0 Å². The number of rotatable bonds is 1. The Morgan fingerprint density at radius 1 is 1.11 bits per heavy atom. The Labute approximate surface area is 163 Å². The summed E-state index contributed by atoms with van der Waals surface area (Å²) in [6.07, 6.45) is 17.9. The Hall–Kier alpha value is -1.38. The van der Waals surface area contributed by atoms with E-state index in [-0.39, 0.29) is 5.41 Å². The summed E-state index contributed by atoms with van der Waals surface area (Å²) in [6.45, 7) is 4.90. The van der Waals surface area contributed by atoms with E-state index in [1.807, 2.05) is 24.1 Å². The summed E-state index contributed by atoms with van der Waals surface area (Å²) < 4.78 is 1.82. The van der Waals surface area contributed by atoms with Crippen molar-refractivity contribution in [1.82, 2.24) is 9.78 Å². The quantitative estimate of drug-likeness (QED) is 0.622. The summed E-state index contributed by atoms with van der Waals surface area (Å²) >= 11 is 0. The normalized spacial score (nSPS) is 45.4. The second kappa shape index (κ2) is 6.06. The van der Waals surface area contributed by atoms with Crippen molar-refractivity contribution in [1.29, 1.82) is 0 Å². The van der Waals surface area contributed by atoms with E-state index in [1.165, 1.54) is 44.9 Å². The van der Waals surface area contributed by atoms with Gasteiger partial charge in [0.25, 0.3) is 0 Å². The summed E-state index contributed by atoms with van der Waals surface area (Å²) in [6, 6.07) is 0. The van der Waals surface area contributed by atoms with E-state index >= 15 is 0 Å². The molecule has 0 N–H and O–H groups in total. The molecule has 1 aromatic rings. The smallest absolute Gasteiger partial charge is 0.165 e. The van der Waals surface area contributed by atoms with Crippen molar-refractivity contribution in [3.05, 3.63) is 23.5 Å². The topological polar surface area (TPSA) is 34.9 Å². The van der Waals surface area contributed by atoms with Crippen molar-refractivity contribution in [3.8, 4) is 0 Å². The van der Waals surface area contributed by atoms with Gasteiger partial charge >= 0.3 is 0 Å². The molecule has 4 saturated carbocycles. The van der Waals surface area contributed by atoms with E-state index in [1.54, 1.807) is 0 Å². The van der Waals surface area contributed by atoms with E-state index in [0.717, 1.165) is 41.7 Å². The first-order valence-corrected chi connectivity index (χ1v) is 11.2. The Morgan fingerprint density at radius 3 is 2.74 bits per heavy atom. The number of nitrogens with zero attached hydrogens (tertiary/aromatic N) is 2. The molecule has 0 saturated heterocycles. The molecule has 27 heavy (non-hydrogen) atoms. The first-order chi connectivity index (χ1) is 12.9. The summed E-state index contributed by atoms with van der Waals surface area (Å²) in [5.74, 6) is 3.54. The Kier molecular flexibility index (Phi) is 3.97. The first-order valence-electron chi connectivity index (χ1n) is 11.2. The van der Waals surface area contributed by atoms with Crippen molar-refractivity contribution in [2.45, 2.75) is 71.6 Å². The minimum Gasteiger partial charge on any atom is -0.294 e. The molecule has 0 unspecified atom stereocenters. The predicted octanol–water partition coefficient (Wildman–Crippen LogP) is 5.42. The molecular weight excluding hydrogens is 332 g/mol. The lowest BCUT2D eigenvalue weighted by Crippen LogP contribution is -2.52. The highest BCUT2D eigenvalue weighted by molar-refractivity contribution is 6.05. The van der Waals surface area contributed by atoms with Gasteiger partial charge in [-0.05, 0) is 85.7 Å². The highest BCUT2D eigenvalue weighted by Crippen LogP contribution is 2.66. The zero-order chi connectivity index (χ0) is 18.8. The third kappa shape index (κ3) is 2.53. The van der Waals surface area contributed by atoms with Crippen LogP contribution >= 0.6 is 0 Å². The molecule has 0 aliphatic heterocycles. The van der Waals surface area contributed by atoms with E-state index in [9.17, 15) is 4.79 Å². The molecule has 0 spiro atoms. The fourth-order valence-electron chi connectivity index (χ4n) is 7.81. The maximum Gasteiger partial charge on any atom is 0.165 e. The minimum absolute atomic E-state index is 0.118. The molecule has 0 aromatic carbocycles. The van der Waals surface area contributed by atoms with Gasteiger partial charge in [0.2, 0.25) is 0 Å². The van der Waals surface area contributed by atoms with Crippen molar-refractivity contribution >= 4 is 11.9 Å². The predicted molar refractivity (Wildman–Crippen MR) is 108 cm³/mol. The third-order valence-corrected chi connectivity index (χ3v) is 9.29. The number of carbonyl (C=O) groups excluding carboxylic acids is 1. The van der Waals surface area contributed by atoms with Crippen LogP contribution in [0.15, 0.2) is 18.0 Å². The van der Waals surface area contributed by atoms with Crippen LogP contribution in [0.2, 0.25) is 0 Å². The number of allylic oxidation sites excluding steroid dienone is 1. The van der Waals surface area contributed by atoms with Gasteiger partial charge in [0, 0.05) is 24.2 Å². The Bertz CT molecular complexity index is 792. The minimum atomic E-state index is -0.118. The number of hydrogen-bond acceptors (Lipinski definition) is 2. The molecule has 0 bridgehead atoms. The van der Waals surface area contributed by atoms with E-state index in [0.29, 0.717) is 17.1 Å². The molecule has 3 heteroatoms. The van der Waals surface area contributed by atoms with Crippen molar-refractivity contribution in [2.75, 3.05) is 0 Å². The largest absolute Gasteiger partial charge is 0.294 e.